The van der Waals surface area contributed by atoms with Crippen molar-refractivity contribution in [1.29, 1.82) is 0 Å². The van der Waals surface area contributed by atoms with E-state index in [9.17, 15) is 9.59 Å². The summed E-state index contributed by atoms with van der Waals surface area (Å²) in [6, 6.07) is 15.6. The lowest BCUT2D eigenvalue weighted by atomic mass is 10.0. The Labute approximate surface area is 136 Å². The molecule has 3 rings (SSSR count). The molecule has 0 N–H and O–H groups in total. The molecule has 3 nitrogen and oxygen atoms in total. The van der Waals surface area contributed by atoms with Gasteiger partial charge in [0.25, 0.3) is 0 Å². The average molecular weight is 307 g/mol. The molecule has 1 amide bonds. The van der Waals surface area contributed by atoms with Gasteiger partial charge in [-0.3, -0.25) is 9.59 Å². The van der Waals surface area contributed by atoms with Crippen LogP contribution in [0.1, 0.15) is 40.7 Å². The molecule has 0 aromatic heterocycles. The van der Waals surface area contributed by atoms with E-state index in [0.29, 0.717) is 5.56 Å². The Kier molecular flexibility index (Phi) is 4.56. The average Bonchev–Trinajstić information content (AvgIpc) is 2.59. The molecular weight excluding hydrogens is 286 g/mol. The first-order valence-corrected chi connectivity index (χ1v) is 8.13. The van der Waals surface area contributed by atoms with Gasteiger partial charge < -0.3 is 4.90 Å². The maximum atomic E-state index is 12.5. The number of rotatable bonds is 4. The fourth-order valence-electron chi connectivity index (χ4n) is 3.03. The Morgan fingerprint density at radius 3 is 2.52 bits per heavy atom. The second kappa shape index (κ2) is 6.78. The lowest BCUT2D eigenvalue weighted by Gasteiger charge is -2.29. The zero-order valence-electron chi connectivity index (χ0n) is 13.4. The second-order valence-electron chi connectivity index (χ2n) is 6.07. The number of hydrogen-bond acceptors (Lipinski definition) is 2. The lowest BCUT2D eigenvalue weighted by molar-refractivity contribution is -0.118. The normalized spacial score (nSPS) is 13.5. The smallest absolute Gasteiger partial charge is 0.227 e. The topological polar surface area (TPSA) is 37.4 Å². The number of amides is 1. The van der Waals surface area contributed by atoms with Crippen molar-refractivity contribution in [2.24, 2.45) is 0 Å². The van der Waals surface area contributed by atoms with E-state index in [2.05, 4.69) is 6.07 Å². The third-order valence-electron chi connectivity index (χ3n) is 4.35. The van der Waals surface area contributed by atoms with E-state index >= 15 is 0 Å². The quantitative estimate of drug-likeness (QED) is 0.802. The van der Waals surface area contributed by atoms with Gasteiger partial charge in [0.2, 0.25) is 5.91 Å². The lowest BCUT2D eigenvalue weighted by Crippen LogP contribution is -2.35. The van der Waals surface area contributed by atoms with E-state index in [0.717, 1.165) is 30.6 Å². The van der Waals surface area contributed by atoms with Crippen LogP contribution in [0, 0.1) is 6.92 Å². The number of benzene rings is 2. The molecule has 23 heavy (non-hydrogen) atoms. The number of para-hydroxylation sites is 1. The highest BCUT2D eigenvalue weighted by Gasteiger charge is 2.22. The van der Waals surface area contributed by atoms with Gasteiger partial charge >= 0.3 is 0 Å². The number of anilines is 1. The van der Waals surface area contributed by atoms with Crippen LogP contribution in [0.25, 0.3) is 0 Å². The predicted molar refractivity (Wildman–Crippen MR) is 91.9 cm³/mol. The molecule has 0 bridgehead atoms. The van der Waals surface area contributed by atoms with Gasteiger partial charge in [-0.1, -0.05) is 48.0 Å². The van der Waals surface area contributed by atoms with Crippen LogP contribution in [0.5, 0.6) is 0 Å². The first-order valence-electron chi connectivity index (χ1n) is 8.13. The highest BCUT2D eigenvalue weighted by molar-refractivity contribution is 6.01. The summed E-state index contributed by atoms with van der Waals surface area (Å²) in [6.45, 7) is 2.74. The molecule has 0 radical (unpaired) electrons. The number of carbonyl (C=O) groups excluding carboxylic acids is 2. The van der Waals surface area contributed by atoms with Crippen LogP contribution in [-0.4, -0.2) is 18.2 Å². The summed E-state index contributed by atoms with van der Waals surface area (Å²) in [5.41, 5.74) is 4.04. The molecule has 3 heteroatoms. The Bertz CT molecular complexity index is 719. The van der Waals surface area contributed by atoms with E-state index < -0.39 is 0 Å². The van der Waals surface area contributed by atoms with Gasteiger partial charge in [0.05, 0.1) is 0 Å². The number of hydrogen-bond donors (Lipinski definition) is 0. The van der Waals surface area contributed by atoms with Gasteiger partial charge in [0, 0.05) is 30.6 Å². The van der Waals surface area contributed by atoms with E-state index in [-0.39, 0.29) is 24.5 Å². The molecule has 1 aliphatic heterocycles. The minimum Gasteiger partial charge on any atom is -0.312 e. The zero-order valence-corrected chi connectivity index (χ0v) is 13.4. The minimum absolute atomic E-state index is 0.0312. The highest BCUT2D eigenvalue weighted by atomic mass is 16.2. The monoisotopic (exact) mass is 307 g/mol. The van der Waals surface area contributed by atoms with Crippen molar-refractivity contribution < 1.29 is 9.59 Å². The van der Waals surface area contributed by atoms with Crippen LogP contribution < -0.4 is 4.90 Å². The van der Waals surface area contributed by atoms with E-state index in [1.54, 1.807) is 0 Å². The maximum absolute atomic E-state index is 12.5. The first kappa shape index (κ1) is 15.5. The van der Waals surface area contributed by atoms with Crippen LogP contribution in [0.2, 0.25) is 0 Å². The third-order valence-corrected chi connectivity index (χ3v) is 4.35. The minimum atomic E-state index is 0.0312. The molecule has 1 heterocycles. The van der Waals surface area contributed by atoms with Crippen LogP contribution in [0.4, 0.5) is 5.69 Å². The largest absolute Gasteiger partial charge is 0.312 e. The summed E-state index contributed by atoms with van der Waals surface area (Å²) in [4.78, 5) is 26.6. The van der Waals surface area contributed by atoms with Gasteiger partial charge in [0.15, 0.2) is 5.78 Å². The molecule has 118 valence electrons. The molecule has 0 saturated carbocycles. The fourth-order valence-corrected chi connectivity index (χ4v) is 3.03. The van der Waals surface area contributed by atoms with E-state index in [1.165, 1.54) is 5.56 Å². The number of carbonyl (C=O) groups is 2. The van der Waals surface area contributed by atoms with Crippen molar-refractivity contribution in [2.45, 2.75) is 32.6 Å². The molecule has 2 aromatic rings. The molecule has 0 fully saturated rings. The highest BCUT2D eigenvalue weighted by Crippen LogP contribution is 2.27. The maximum Gasteiger partial charge on any atom is 0.227 e. The van der Waals surface area contributed by atoms with Gasteiger partial charge in [-0.2, -0.15) is 0 Å². The van der Waals surface area contributed by atoms with Gasteiger partial charge in [0.1, 0.15) is 0 Å². The summed E-state index contributed by atoms with van der Waals surface area (Å²) in [5, 5.41) is 0. The molecule has 1 aliphatic rings. The van der Waals surface area contributed by atoms with Crippen molar-refractivity contribution >= 4 is 17.4 Å². The first-order chi connectivity index (χ1) is 11.1. The summed E-state index contributed by atoms with van der Waals surface area (Å²) in [6.07, 6.45) is 2.53. The molecule has 0 atom stereocenters. The Hall–Kier alpha value is -2.42. The van der Waals surface area contributed by atoms with Crippen LogP contribution in [0.3, 0.4) is 0 Å². The molecule has 2 aromatic carbocycles. The molecule has 0 aliphatic carbocycles. The van der Waals surface area contributed by atoms with Gasteiger partial charge in [-0.25, -0.2) is 0 Å². The fraction of sp³-hybridized carbons (Fsp3) is 0.300. The SMILES string of the molecule is Cc1ccc(C(=O)CCC(=O)N2CCCc3ccccc32)cc1. The van der Waals surface area contributed by atoms with Crippen LogP contribution in [0.15, 0.2) is 48.5 Å². The second-order valence-corrected chi connectivity index (χ2v) is 6.07. The van der Waals surface area contributed by atoms with Crippen molar-refractivity contribution in [3.05, 3.63) is 65.2 Å². The number of fused-ring (bicyclic) bond motifs is 1. The molecule has 0 spiro atoms. The van der Waals surface area contributed by atoms with Crippen molar-refractivity contribution in [3.63, 3.8) is 0 Å². The summed E-state index contributed by atoms with van der Waals surface area (Å²) in [5.74, 6) is 0.0706. The number of ketones is 1. The molecular formula is C20H21NO2. The van der Waals surface area contributed by atoms with Crippen LogP contribution >= 0.6 is 0 Å². The third kappa shape index (κ3) is 3.50. The number of nitrogens with zero attached hydrogens (tertiary/aromatic N) is 1. The van der Waals surface area contributed by atoms with Gasteiger partial charge in [-0.15, -0.1) is 0 Å². The summed E-state index contributed by atoms with van der Waals surface area (Å²) < 4.78 is 0. The Morgan fingerprint density at radius 2 is 1.74 bits per heavy atom. The molecule has 0 unspecified atom stereocenters. The molecule has 0 saturated heterocycles. The van der Waals surface area contributed by atoms with Crippen molar-refractivity contribution in [1.82, 2.24) is 0 Å². The Balaban J connectivity index is 1.64. The van der Waals surface area contributed by atoms with Crippen molar-refractivity contribution in [3.8, 4) is 0 Å². The summed E-state index contributed by atoms with van der Waals surface area (Å²) >= 11 is 0. The number of Topliss-reactive ketones (excluding diaryl/α,β-unsaturated/α-hetero) is 1. The van der Waals surface area contributed by atoms with Crippen LogP contribution in [-0.2, 0) is 11.2 Å². The predicted octanol–water partition coefficient (Wildman–Crippen LogP) is 3.94. The number of aryl methyl sites for hydroxylation is 2. The van der Waals surface area contributed by atoms with E-state index in [4.69, 9.17) is 0 Å². The van der Waals surface area contributed by atoms with Gasteiger partial charge in [-0.05, 0) is 31.4 Å². The van der Waals surface area contributed by atoms with E-state index in [1.807, 2.05) is 54.3 Å². The Morgan fingerprint density at radius 1 is 1.00 bits per heavy atom. The summed E-state index contributed by atoms with van der Waals surface area (Å²) in [7, 11) is 0. The zero-order chi connectivity index (χ0) is 16.2. The van der Waals surface area contributed by atoms with Crippen molar-refractivity contribution in [2.75, 3.05) is 11.4 Å². The standard InChI is InChI=1S/C20H21NO2/c1-15-8-10-17(11-9-15)19(22)12-13-20(23)21-14-4-6-16-5-2-3-7-18(16)21/h2-3,5,7-11H,4,6,12-14H2,1H3.